The third kappa shape index (κ3) is 4.82. The molecule has 0 aliphatic carbocycles. The molecule has 1 aliphatic rings. The van der Waals surface area contributed by atoms with Gasteiger partial charge in [0.15, 0.2) is 0 Å². The molecule has 0 radical (unpaired) electrons. The first-order valence-electron chi connectivity index (χ1n) is 10.9. The van der Waals surface area contributed by atoms with E-state index >= 15 is 0 Å². The van der Waals surface area contributed by atoms with E-state index in [9.17, 15) is 13.2 Å². The lowest BCUT2D eigenvalue weighted by molar-refractivity contribution is -0.126. The maximum atomic E-state index is 13.5. The summed E-state index contributed by atoms with van der Waals surface area (Å²) in [6, 6.07) is 18.1. The Morgan fingerprint density at radius 2 is 1.85 bits per heavy atom. The number of rotatable bonds is 7. The van der Waals surface area contributed by atoms with Crippen LogP contribution in [0, 0.1) is 5.92 Å². The van der Waals surface area contributed by atoms with Crippen LogP contribution in [0.15, 0.2) is 65.6 Å². The molecule has 1 heterocycles. The zero-order chi connectivity index (χ0) is 23.4. The van der Waals surface area contributed by atoms with Gasteiger partial charge in [-0.3, -0.25) is 4.79 Å². The number of benzene rings is 3. The minimum absolute atomic E-state index is 0.161. The van der Waals surface area contributed by atoms with Crippen LogP contribution in [0.5, 0.6) is 11.5 Å². The number of sulfonamides is 1. The van der Waals surface area contributed by atoms with E-state index in [0.717, 1.165) is 10.9 Å². The summed E-state index contributed by atoms with van der Waals surface area (Å²) in [5.41, 5.74) is 0.822. The van der Waals surface area contributed by atoms with Crippen molar-refractivity contribution in [1.82, 2.24) is 9.62 Å². The SMILES string of the molecule is COc1ccc(CNC(=O)[C@@H]2CCCN(S(=O)(=O)c3cccc4ccccc34)C2)c(OC)c1. The van der Waals surface area contributed by atoms with E-state index in [1.54, 1.807) is 32.4 Å². The quantitative estimate of drug-likeness (QED) is 0.573. The minimum Gasteiger partial charge on any atom is -0.497 e. The molecule has 1 saturated heterocycles. The molecular formula is C25H28N2O5S. The first kappa shape index (κ1) is 23.1. The molecule has 7 nitrogen and oxygen atoms in total. The van der Waals surface area contributed by atoms with Crippen LogP contribution in [0.2, 0.25) is 0 Å². The summed E-state index contributed by atoms with van der Waals surface area (Å²) < 4.78 is 39.0. The molecule has 1 amide bonds. The van der Waals surface area contributed by atoms with Crippen LogP contribution in [-0.2, 0) is 21.4 Å². The fourth-order valence-electron chi connectivity index (χ4n) is 4.26. The zero-order valence-corrected chi connectivity index (χ0v) is 19.6. The van der Waals surface area contributed by atoms with Crippen LogP contribution in [0.3, 0.4) is 0 Å². The van der Waals surface area contributed by atoms with Crippen molar-refractivity contribution in [2.75, 3.05) is 27.3 Å². The average molecular weight is 469 g/mol. The predicted octanol–water partition coefficient (Wildman–Crippen LogP) is 3.57. The molecule has 0 saturated carbocycles. The Balaban J connectivity index is 1.47. The fourth-order valence-corrected chi connectivity index (χ4v) is 6.00. The van der Waals surface area contributed by atoms with Crippen LogP contribution in [0.4, 0.5) is 0 Å². The van der Waals surface area contributed by atoms with Gasteiger partial charge in [-0.1, -0.05) is 36.4 Å². The molecule has 33 heavy (non-hydrogen) atoms. The highest BCUT2D eigenvalue weighted by Crippen LogP contribution is 2.29. The Hall–Kier alpha value is -3.10. The smallest absolute Gasteiger partial charge is 0.243 e. The van der Waals surface area contributed by atoms with E-state index in [0.29, 0.717) is 42.8 Å². The number of carbonyl (C=O) groups is 1. The molecule has 8 heteroatoms. The lowest BCUT2D eigenvalue weighted by Crippen LogP contribution is -2.45. The van der Waals surface area contributed by atoms with Gasteiger partial charge in [0.2, 0.25) is 15.9 Å². The summed E-state index contributed by atoms with van der Waals surface area (Å²) in [6.07, 6.45) is 1.28. The van der Waals surface area contributed by atoms with Crippen molar-refractivity contribution in [3.05, 3.63) is 66.2 Å². The standard InChI is InChI=1S/C25H28N2O5S/c1-31-21-13-12-19(23(15-21)32-2)16-26-25(28)20-9-6-14-27(17-20)33(29,30)24-11-5-8-18-7-3-4-10-22(18)24/h3-5,7-8,10-13,15,20H,6,9,14,16-17H2,1-2H3,(H,26,28)/t20-/m1/s1. The Morgan fingerprint density at radius 3 is 2.64 bits per heavy atom. The number of carbonyl (C=O) groups excluding carboxylic acids is 1. The maximum Gasteiger partial charge on any atom is 0.243 e. The molecule has 1 atom stereocenters. The van der Waals surface area contributed by atoms with Gasteiger partial charge in [0.25, 0.3) is 0 Å². The maximum absolute atomic E-state index is 13.5. The highest BCUT2D eigenvalue weighted by Gasteiger charge is 2.34. The van der Waals surface area contributed by atoms with Gasteiger partial charge < -0.3 is 14.8 Å². The van der Waals surface area contributed by atoms with Gasteiger partial charge in [0.1, 0.15) is 11.5 Å². The van der Waals surface area contributed by atoms with Crippen LogP contribution in [0.1, 0.15) is 18.4 Å². The molecule has 0 unspecified atom stereocenters. The highest BCUT2D eigenvalue weighted by molar-refractivity contribution is 7.89. The van der Waals surface area contributed by atoms with Gasteiger partial charge in [-0.25, -0.2) is 8.42 Å². The van der Waals surface area contributed by atoms with Gasteiger partial charge in [-0.15, -0.1) is 0 Å². The number of hydrogen-bond acceptors (Lipinski definition) is 5. The summed E-state index contributed by atoms with van der Waals surface area (Å²) in [4.78, 5) is 13.2. The largest absolute Gasteiger partial charge is 0.497 e. The Kier molecular flexibility index (Phi) is 6.85. The van der Waals surface area contributed by atoms with E-state index in [2.05, 4.69) is 5.32 Å². The van der Waals surface area contributed by atoms with E-state index in [1.165, 1.54) is 4.31 Å². The second kappa shape index (κ2) is 9.80. The summed E-state index contributed by atoms with van der Waals surface area (Å²) in [5, 5.41) is 4.51. The third-order valence-electron chi connectivity index (χ3n) is 6.07. The molecule has 0 bridgehead atoms. The number of ether oxygens (including phenoxy) is 2. The van der Waals surface area contributed by atoms with Crippen LogP contribution < -0.4 is 14.8 Å². The molecule has 3 aromatic carbocycles. The second-order valence-electron chi connectivity index (χ2n) is 8.08. The predicted molar refractivity (Wildman–Crippen MR) is 127 cm³/mol. The number of hydrogen-bond donors (Lipinski definition) is 1. The summed E-state index contributed by atoms with van der Waals surface area (Å²) in [7, 11) is -0.574. The minimum atomic E-state index is -3.72. The zero-order valence-electron chi connectivity index (χ0n) is 18.8. The molecule has 1 aliphatic heterocycles. The van der Waals surface area contributed by atoms with Crippen LogP contribution in [-0.4, -0.2) is 45.9 Å². The number of methoxy groups -OCH3 is 2. The summed E-state index contributed by atoms with van der Waals surface area (Å²) >= 11 is 0. The second-order valence-corrected chi connectivity index (χ2v) is 9.98. The van der Waals surface area contributed by atoms with Gasteiger partial charge in [0.05, 0.1) is 25.0 Å². The van der Waals surface area contributed by atoms with Crippen molar-refractivity contribution in [1.29, 1.82) is 0 Å². The molecule has 174 valence electrons. The molecule has 0 spiro atoms. The summed E-state index contributed by atoms with van der Waals surface area (Å²) in [5.74, 6) is 0.723. The molecule has 0 aromatic heterocycles. The van der Waals surface area contributed by atoms with Gasteiger partial charge >= 0.3 is 0 Å². The van der Waals surface area contributed by atoms with Gasteiger partial charge in [0, 0.05) is 36.7 Å². The number of fused-ring (bicyclic) bond motifs is 1. The lowest BCUT2D eigenvalue weighted by atomic mass is 9.98. The first-order chi connectivity index (χ1) is 15.9. The first-order valence-corrected chi connectivity index (χ1v) is 12.3. The Bertz CT molecular complexity index is 1250. The van der Waals surface area contributed by atoms with Crippen LogP contribution >= 0.6 is 0 Å². The van der Waals surface area contributed by atoms with Crippen molar-refractivity contribution < 1.29 is 22.7 Å². The van der Waals surface area contributed by atoms with Crippen molar-refractivity contribution in [3.8, 4) is 11.5 Å². The fraction of sp³-hybridized carbons (Fsp3) is 0.320. The molecule has 1 N–H and O–H groups in total. The summed E-state index contributed by atoms with van der Waals surface area (Å²) in [6.45, 7) is 0.858. The monoisotopic (exact) mass is 468 g/mol. The Morgan fingerprint density at radius 1 is 1.06 bits per heavy atom. The number of nitrogens with one attached hydrogen (secondary N) is 1. The van der Waals surface area contributed by atoms with E-state index in [1.807, 2.05) is 42.5 Å². The topological polar surface area (TPSA) is 84.9 Å². The van der Waals surface area contributed by atoms with Crippen molar-refractivity contribution >= 4 is 26.7 Å². The van der Waals surface area contributed by atoms with E-state index in [-0.39, 0.29) is 17.3 Å². The average Bonchev–Trinajstić information content (AvgIpc) is 2.86. The lowest BCUT2D eigenvalue weighted by Gasteiger charge is -2.31. The number of amides is 1. The van der Waals surface area contributed by atoms with Crippen molar-refractivity contribution in [3.63, 3.8) is 0 Å². The molecule has 1 fully saturated rings. The van der Waals surface area contributed by atoms with Gasteiger partial charge in [-0.2, -0.15) is 4.31 Å². The van der Waals surface area contributed by atoms with E-state index in [4.69, 9.17) is 9.47 Å². The highest BCUT2D eigenvalue weighted by atomic mass is 32.2. The Labute approximate surface area is 194 Å². The number of nitrogens with zero attached hydrogens (tertiary/aromatic N) is 1. The number of piperidine rings is 1. The molecule has 4 rings (SSSR count). The third-order valence-corrected chi connectivity index (χ3v) is 7.99. The van der Waals surface area contributed by atoms with Crippen LogP contribution in [0.25, 0.3) is 10.8 Å². The van der Waals surface area contributed by atoms with Gasteiger partial charge in [-0.05, 0) is 36.4 Å². The van der Waals surface area contributed by atoms with Crippen molar-refractivity contribution in [2.45, 2.75) is 24.3 Å². The molecular weight excluding hydrogens is 440 g/mol. The van der Waals surface area contributed by atoms with E-state index < -0.39 is 15.9 Å². The molecule has 3 aromatic rings. The normalized spacial score (nSPS) is 17.0. The van der Waals surface area contributed by atoms with Crippen molar-refractivity contribution in [2.24, 2.45) is 5.92 Å².